The van der Waals surface area contributed by atoms with Gasteiger partial charge in [-0.2, -0.15) is 4.98 Å². The summed E-state index contributed by atoms with van der Waals surface area (Å²) in [6.07, 6.45) is 0.412. The van der Waals surface area contributed by atoms with Crippen molar-refractivity contribution in [3.8, 4) is 17.1 Å². The van der Waals surface area contributed by atoms with Crippen LogP contribution < -0.4 is 4.74 Å². The first-order valence-electron chi connectivity index (χ1n) is 10.0. The Hall–Kier alpha value is -2.80. The zero-order valence-electron chi connectivity index (χ0n) is 17.4. The van der Waals surface area contributed by atoms with E-state index in [4.69, 9.17) is 9.26 Å². The van der Waals surface area contributed by atoms with E-state index in [1.54, 1.807) is 7.11 Å². The number of hydrogen-bond acceptors (Lipinski definition) is 6. The van der Waals surface area contributed by atoms with Gasteiger partial charge < -0.3 is 14.2 Å². The van der Waals surface area contributed by atoms with E-state index in [9.17, 15) is 4.79 Å². The number of benzene rings is 2. The summed E-state index contributed by atoms with van der Waals surface area (Å²) in [5, 5.41) is 4.64. The molecule has 0 bridgehead atoms. The van der Waals surface area contributed by atoms with E-state index in [0.717, 1.165) is 11.1 Å². The molecule has 1 amide bonds. The highest BCUT2D eigenvalue weighted by Gasteiger charge is 2.35. The number of amides is 1. The Morgan fingerprint density at radius 3 is 2.63 bits per heavy atom. The number of hydrogen-bond donors (Lipinski definition) is 0. The zero-order chi connectivity index (χ0) is 21.1. The number of thioether (sulfide) groups is 1. The summed E-state index contributed by atoms with van der Waals surface area (Å²) in [6, 6.07) is 15.8. The maximum atomic E-state index is 12.6. The Balaban J connectivity index is 1.33. The molecule has 30 heavy (non-hydrogen) atoms. The fourth-order valence-electron chi connectivity index (χ4n) is 3.42. The number of nitrogens with zero attached hydrogens (tertiary/aromatic N) is 3. The number of ether oxygens (including phenoxy) is 1. The lowest BCUT2D eigenvalue weighted by Gasteiger charge is -2.37. The lowest BCUT2D eigenvalue weighted by molar-refractivity contribution is -0.135. The number of carbonyl (C=O) groups excluding carboxylic acids is 1. The Labute approximate surface area is 180 Å². The lowest BCUT2D eigenvalue weighted by atomic mass is 9.98. The molecule has 7 heteroatoms. The van der Waals surface area contributed by atoms with Crippen LogP contribution in [0.25, 0.3) is 11.4 Å². The number of para-hydroxylation sites is 1. The van der Waals surface area contributed by atoms with Crippen molar-refractivity contribution < 1.29 is 14.1 Å². The summed E-state index contributed by atoms with van der Waals surface area (Å²) in [4.78, 5) is 20.2. The van der Waals surface area contributed by atoms with Gasteiger partial charge in [0.05, 0.1) is 25.0 Å². The average Bonchev–Trinajstić information content (AvgIpc) is 3.17. The van der Waals surface area contributed by atoms with Crippen molar-refractivity contribution in [3.63, 3.8) is 0 Å². The maximum Gasteiger partial charge on any atom is 0.233 e. The molecular weight excluding hydrogens is 398 g/mol. The molecule has 0 atom stereocenters. The fourth-order valence-corrected chi connectivity index (χ4v) is 4.26. The van der Waals surface area contributed by atoms with Gasteiger partial charge in [-0.1, -0.05) is 43.3 Å². The van der Waals surface area contributed by atoms with Crippen molar-refractivity contribution in [2.45, 2.75) is 36.3 Å². The van der Waals surface area contributed by atoms with E-state index in [1.165, 1.54) is 4.90 Å². The molecule has 1 aliphatic rings. The molecule has 1 aromatic heterocycles. The topological polar surface area (TPSA) is 68.5 Å². The van der Waals surface area contributed by atoms with E-state index in [0.29, 0.717) is 42.2 Å². The third-order valence-electron chi connectivity index (χ3n) is 5.02. The molecule has 0 unspecified atom stereocenters. The minimum Gasteiger partial charge on any atom is -0.496 e. The number of carbonyl (C=O) groups is 1. The second-order valence-electron chi connectivity index (χ2n) is 7.64. The van der Waals surface area contributed by atoms with Gasteiger partial charge in [0.15, 0.2) is 0 Å². The smallest absolute Gasteiger partial charge is 0.233 e. The van der Waals surface area contributed by atoms with Crippen molar-refractivity contribution in [3.05, 3.63) is 60.0 Å². The van der Waals surface area contributed by atoms with Crippen LogP contribution >= 0.6 is 11.8 Å². The first-order valence-corrected chi connectivity index (χ1v) is 10.9. The van der Waals surface area contributed by atoms with Gasteiger partial charge in [-0.05, 0) is 29.8 Å². The first kappa shape index (κ1) is 20.5. The predicted octanol–water partition coefficient (Wildman–Crippen LogP) is 4.41. The monoisotopic (exact) mass is 423 g/mol. The summed E-state index contributed by atoms with van der Waals surface area (Å²) >= 11 is 1.82. The van der Waals surface area contributed by atoms with Crippen LogP contribution in [0.3, 0.4) is 0 Å². The SMILES string of the molecule is COc1ccccc1-c1noc(C2CN(C(=O)Cc3ccc(SC(C)C)cc3)C2)n1. The van der Waals surface area contributed by atoms with Gasteiger partial charge in [0.1, 0.15) is 5.75 Å². The average molecular weight is 424 g/mol. The minimum atomic E-state index is 0.0784. The molecular formula is C23H25N3O3S. The predicted molar refractivity (Wildman–Crippen MR) is 117 cm³/mol. The summed E-state index contributed by atoms with van der Waals surface area (Å²) in [5.41, 5.74) is 1.83. The summed E-state index contributed by atoms with van der Waals surface area (Å²) < 4.78 is 10.8. The molecule has 2 aromatic carbocycles. The molecule has 0 radical (unpaired) electrons. The number of aromatic nitrogens is 2. The van der Waals surface area contributed by atoms with E-state index >= 15 is 0 Å². The molecule has 2 heterocycles. The molecule has 3 aromatic rings. The highest BCUT2D eigenvalue weighted by atomic mass is 32.2. The van der Waals surface area contributed by atoms with Gasteiger partial charge in [-0.15, -0.1) is 11.8 Å². The minimum absolute atomic E-state index is 0.0784. The van der Waals surface area contributed by atoms with Gasteiger partial charge in [0, 0.05) is 23.2 Å². The second kappa shape index (κ2) is 8.92. The summed E-state index contributed by atoms with van der Waals surface area (Å²) in [5.74, 6) is 1.98. The molecule has 6 nitrogen and oxygen atoms in total. The lowest BCUT2D eigenvalue weighted by Crippen LogP contribution is -2.49. The normalized spacial score (nSPS) is 14.1. The number of rotatable bonds is 7. The van der Waals surface area contributed by atoms with Crippen LogP contribution in [-0.4, -0.2) is 46.4 Å². The van der Waals surface area contributed by atoms with Gasteiger partial charge in [0.25, 0.3) is 0 Å². The summed E-state index contributed by atoms with van der Waals surface area (Å²) in [6.45, 7) is 5.55. The van der Waals surface area contributed by atoms with Gasteiger partial charge in [-0.25, -0.2) is 0 Å². The van der Waals surface area contributed by atoms with Crippen molar-refractivity contribution in [2.24, 2.45) is 0 Å². The number of likely N-dealkylation sites (tertiary alicyclic amines) is 1. The Morgan fingerprint density at radius 2 is 1.93 bits per heavy atom. The molecule has 1 aliphatic heterocycles. The van der Waals surface area contributed by atoms with Crippen molar-refractivity contribution in [2.75, 3.05) is 20.2 Å². The maximum absolute atomic E-state index is 12.6. The molecule has 156 valence electrons. The highest BCUT2D eigenvalue weighted by Crippen LogP contribution is 2.31. The van der Waals surface area contributed by atoms with E-state index in [2.05, 4.69) is 36.1 Å². The van der Waals surface area contributed by atoms with Crippen LogP contribution in [0, 0.1) is 0 Å². The molecule has 4 rings (SSSR count). The molecule has 1 fully saturated rings. The van der Waals surface area contributed by atoms with Crippen molar-refractivity contribution >= 4 is 17.7 Å². The van der Waals surface area contributed by atoms with Gasteiger partial charge in [0.2, 0.25) is 17.6 Å². The van der Waals surface area contributed by atoms with Crippen LogP contribution in [0.4, 0.5) is 0 Å². The molecule has 0 aliphatic carbocycles. The number of methoxy groups -OCH3 is 1. The van der Waals surface area contributed by atoms with Crippen LogP contribution in [0.5, 0.6) is 5.75 Å². The van der Waals surface area contributed by atoms with Crippen LogP contribution in [-0.2, 0) is 11.2 Å². The van der Waals surface area contributed by atoms with E-state index in [-0.39, 0.29) is 11.8 Å². The van der Waals surface area contributed by atoms with E-state index in [1.807, 2.05) is 53.1 Å². The molecule has 1 saturated heterocycles. The largest absolute Gasteiger partial charge is 0.496 e. The van der Waals surface area contributed by atoms with Crippen LogP contribution in [0.2, 0.25) is 0 Å². The molecule has 0 N–H and O–H groups in total. The molecule has 0 saturated carbocycles. The first-order chi connectivity index (χ1) is 14.5. The Morgan fingerprint density at radius 1 is 1.20 bits per heavy atom. The Bertz CT molecular complexity index is 1010. The van der Waals surface area contributed by atoms with Crippen LogP contribution in [0.15, 0.2) is 57.9 Å². The van der Waals surface area contributed by atoms with Gasteiger partial charge in [-0.3, -0.25) is 4.79 Å². The van der Waals surface area contributed by atoms with Crippen LogP contribution in [0.1, 0.15) is 31.2 Å². The van der Waals surface area contributed by atoms with Crippen molar-refractivity contribution in [1.82, 2.24) is 15.0 Å². The quantitative estimate of drug-likeness (QED) is 0.524. The highest BCUT2D eigenvalue weighted by molar-refractivity contribution is 7.99. The second-order valence-corrected chi connectivity index (χ2v) is 9.29. The third kappa shape index (κ3) is 4.51. The molecule has 0 spiro atoms. The van der Waals surface area contributed by atoms with Gasteiger partial charge >= 0.3 is 0 Å². The van der Waals surface area contributed by atoms with Crippen molar-refractivity contribution in [1.29, 1.82) is 0 Å². The Kier molecular flexibility index (Phi) is 6.08. The summed E-state index contributed by atoms with van der Waals surface area (Å²) in [7, 11) is 1.62. The van der Waals surface area contributed by atoms with E-state index < -0.39 is 0 Å². The zero-order valence-corrected chi connectivity index (χ0v) is 18.2. The standard InChI is InChI=1S/C23H25N3O3S/c1-15(2)30-18-10-8-16(9-11-18)12-21(27)26-13-17(14-26)23-24-22(25-29-23)19-6-4-5-7-20(19)28-3/h4-11,15,17H,12-14H2,1-3H3. The third-order valence-corrected chi connectivity index (χ3v) is 6.04. The fraction of sp³-hybridized carbons (Fsp3) is 0.348.